The second kappa shape index (κ2) is 8.26. The zero-order valence-corrected chi connectivity index (χ0v) is 16.9. The Morgan fingerprint density at radius 2 is 2.16 bits per heavy atom. The highest BCUT2D eigenvalue weighted by Gasteiger charge is 2.42. The largest absolute Gasteiger partial charge is 0.441 e. The number of H-pyrrole nitrogens is 1. The number of rotatable bonds is 5. The Bertz CT molecular complexity index is 1110. The van der Waals surface area contributed by atoms with Gasteiger partial charge in [-0.2, -0.15) is 23.4 Å². The molecule has 172 valence electrons. The molecule has 1 aliphatic heterocycles. The van der Waals surface area contributed by atoms with Crippen LogP contribution in [0.15, 0.2) is 24.5 Å². The number of hydrogen-bond donors (Lipinski definition) is 3. The smallest absolute Gasteiger partial charge is 0.435 e. The molecule has 3 atom stereocenters. The van der Waals surface area contributed by atoms with Crippen molar-refractivity contribution < 1.29 is 31.8 Å². The molecule has 0 aromatic carbocycles. The predicted octanol–water partition coefficient (Wildman–Crippen LogP) is 3.13. The molecule has 10 nitrogen and oxygen atoms in total. The van der Waals surface area contributed by atoms with E-state index in [4.69, 9.17) is 9.47 Å². The van der Waals surface area contributed by atoms with Gasteiger partial charge in [0, 0.05) is 30.6 Å². The van der Waals surface area contributed by atoms with Crippen LogP contribution in [0, 0.1) is 0 Å². The molecule has 1 amide bonds. The number of fused-ring (bicyclic) bond motifs is 1. The lowest BCUT2D eigenvalue weighted by molar-refractivity contribution is -0.141. The van der Waals surface area contributed by atoms with Gasteiger partial charge in [0.05, 0.1) is 12.3 Å². The summed E-state index contributed by atoms with van der Waals surface area (Å²) in [6.45, 7) is 3.34. The molecule has 1 aliphatic rings. The highest BCUT2D eigenvalue weighted by Crippen LogP contribution is 2.34. The number of hydrogen-bond acceptors (Lipinski definition) is 7. The van der Waals surface area contributed by atoms with Crippen LogP contribution < -0.4 is 10.6 Å². The van der Waals surface area contributed by atoms with Gasteiger partial charge in [0.1, 0.15) is 11.6 Å². The molecule has 3 aromatic heterocycles. The Labute approximate surface area is 178 Å². The Morgan fingerprint density at radius 3 is 2.88 bits per heavy atom. The van der Waals surface area contributed by atoms with Gasteiger partial charge in [0.25, 0.3) is 0 Å². The zero-order valence-electron chi connectivity index (χ0n) is 16.9. The molecule has 14 heteroatoms. The molecule has 0 bridgehead atoms. The van der Waals surface area contributed by atoms with E-state index in [0.29, 0.717) is 0 Å². The molecule has 3 N–H and O–H groups in total. The Morgan fingerprint density at radius 1 is 1.38 bits per heavy atom. The predicted molar refractivity (Wildman–Crippen MR) is 102 cm³/mol. The van der Waals surface area contributed by atoms with Crippen molar-refractivity contribution in [2.45, 2.75) is 44.4 Å². The SMILES string of the molecule is CC(C)NC(=O)O[C@@H]1CO[C@H](c2cc(Nc3nccn4nc(C(F)(F)F)cc34)n[nH]2)[C@@H]1F. The third-order valence-electron chi connectivity index (χ3n) is 4.58. The first-order valence-corrected chi connectivity index (χ1v) is 9.58. The summed E-state index contributed by atoms with van der Waals surface area (Å²) in [5.74, 6) is 0.248. The first-order chi connectivity index (χ1) is 15.1. The van der Waals surface area contributed by atoms with E-state index in [-0.39, 0.29) is 35.5 Å². The van der Waals surface area contributed by atoms with Gasteiger partial charge in [0.2, 0.25) is 0 Å². The van der Waals surface area contributed by atoms with Crippen molar-refractivity contribution in [3.63, 3.8) is 0 Å². The second-order valence-electron chi connectivity index (χ2n) is 7.41. The summed E-state index contributed by atoms with van der Waals surface area (Å²) in [7, 11) is 0. The summed E-state index contributed by atoms with van der Waals surface area (Å²) in [5, 5.41) is 15.4. The number of nitrogens with one attached hydrogen (secondary N) is 3. The van der Waals surface area contributed by atoms with Crippen molar-refractivity contribution in [1.29, 1.82) is 0 Å². The summed E-state index contributed by atoms with van der Waals surface area (Å²) in [4.78, 5) is 15.7. The number of ether oxygens (including phenoxy) is 2. The highest BCUT2D eigenvalue weighted by atomic mass is 19.4. The second-order valence-corrected chi connectivity index (χ2v) is 7.41. The third-order valence-corrected chi connectivity index (χ3v) is 4.58. The number of aromatic nitrogens is 5. The van der Waals surface area contributed by atoms with Gasteiger partial charge in [-0.3, -0.25) is 5.10 Å². The van der Waals surface area contributed by atoms with Crippen LogP contribution in [0.2, 0.25) is 0 Å². The van der Waals surface area contributed by atoms with Gasteiger partial charge < -0.3 is 20.1 Å². The molecule has 4 heterocycles. The fourth-order valence-corrected chi connectivity index (χ4v) is 3.17. The van der Waals surface area contributed by atoms with E-state index < -0.39 is 36.3 Å². The van der Waals surface area contributed by atoms with Gasteiger partial charge in [-0.05, 0) is 13.8 Å². The van der Waals surface area contributed by atoms with Crippen LogP contribution >= 0.6 is 0 Å². The van der Waals surface area contributed by atoms with Gasteiger partial charge in [-0.25, -0.2) is 18.7 Å². The van der Waals surface area contributed by atoms with Crippen LogP contribution in [-0.2, 0) is 15.7 Å². The van der Waals surface area contributed by atoms with Crippen molar-refractivity contribution in [2.24, 2.45) is 0 Å². The van der Waals surface area contributed by atoms with Gasteiger partial charge in [0.15, 0.2) is 29.6 Å². The van der Waals surface area contributed by atoms with Crippen LogP contribution in [0.3, 0.4) is 0 Å². The maximum atomic E-state index is 14.8. The number of amides is 1. The Kier molecular flexibility index (Phi) is 5.62. The monoisotopic (exact) mass is 457 g/mol. The van der Waals surface area contributed by atoms with E-state index in [1.54, 1.807) is 13.8 Å². The Hall–Kier alpha value is -3.42. The molecular formula is C18H19F4N7O3. The fourth-order valence-electron chi connectivity index (χ4n) is 3.17. The number of aromatic amines is 1. The molecule has 1 fully saturated rings. The summed E-state index contributed by atoms with van der Waals surface area (Å²) < 4.78 is 65.1. The van der Waals surface area contributed by atoms with Crippen LogP contribution in [-0.4, -0.2) is 55.8 Å². The number of halogens is 4. The number of nitrogens with zero attached hydrogens (tertiary/aromatic N) is 4. The number of alkyl halides is 4. The van der Waals surface area contributed by atoms with Crippen LogP contribution in [0.4, 0.5) is 34.0 Å². The minimum absolute atomic E-state index is 0.0734. The molecule has 0 radical (unpaired) electrons. The van der Waals surface area contributed by atoms with Crippen molar-refractivity contribution in [3.05, 3.63) is 35.9 Å². The van der Waals surface area contributed by atoms with Crippen LogP contribution in [0.5, 0.6) is 0 Å². The minimum atomic E-state index is -4.61. The quantitative estimate of drug-likeness (QED) is 0.504. The van der Waals surface area contributed by atoms with Gasteiger partial charge in [-0.1, -0.05) is 0 Å². The molecule has 32 heavy (non-hydrogen) atoms. The Balaban J connectivity index is 1.47. The third kappa shape index (κ3) is 4.44. The summed E-state index contributed by atoms with van der Waals surface area (Å²) in [6.07, 6.45) is -6.61. The van der Waals surface area contributed by atoms with E-state index in [1.807, 2.05) is 0 Å². The number of carbonyl (C=O) groups is 1. The van der Waals surface area contributed by atoms with Crippen molar-refractivity contribution >= 4 is 23.2 Å². The van der Waals surface area contributed by atoms with E-state index in [1.165, 1.54) is 18.5 Å². The lowest BCUT2D eigenvalue weighted by Gasteiger charge is -2.16. The van der Waals surface area contributed by atoms with E-state index in [0.717, 1.165) is 10.6 Å². The molecular weight excluding hydrogens is 438 g/mol. The molecule has 4 rings (SSSR count). The fraction of sp³-hybridized carbons (Fsp3) is 0.444. The molecule has 1 saturated heterocycles. The number of anilines is 2. The summed E-state index contributed by atoms with van der Waals surface area (Å²) >= 11 is 0. The van der Waals surface area contributed by atoms with Crippen molar-refractivity contribution in [3.8, 4) is 0 Å². The minimum Gasteiger partial charge on any atom is -0.441 e. The number of carbonyl (C=O) groups excluding carboxylic acids is 1. The van der Waals surface area contributed by atoms with Crippen LogP contribution in [0.1, 0.15) is 31.3 Å². The topological polar surface area (TPSA) is 118 Å². The molecule has 0 unspecified atom stereocenters. The first kappa shape index (κ1) is 21.8. The number of alkyl carbamates (subject to hydrolysis) is 1. The average molecular weight is 457 g/mol. The van der Waals surface area contributed by atoms with Crippen molar-refractivity contribution in [1.82, 2.24) is 30.1 Å². The maximum Gasteiger partial charge on any atom is 0.435 e. The standard InChI is InChI=1S/C18H19F4N7O3/c1-8(2)24-17(30)32-11-7-31-15(14(11)19)9-5-13(27-26-9)25-16-10-6-12(18(20,21)22)28-29(10)4-3-23-16/h3-6,8,11,14-15H,7H2,1-2H3,(H,24,30)(H2,23,25,26,27)/t11-,14-,15-/m1/s1. The maximum absolute atomic E-state index is 14.8. The lowest BCUT2D eigenvalue weighted by atomic mass is 10.1. The molecule has 0 saturated carbocycles. The zero-order chi connectivity index (χ0) is 23.0. The molecule has 3 aromatic rings. The van der Waals surface area contributed by atoms with Gasteiger partial charge >= 0.3 is 12.3 Å². The first-order valence-electron chi connectivity index (χ1n) is 9.58. The summed E-state index contributed by atoms with van der Waals surface area (Å²) in [5.41, 5.74) is -0.732. The normalized spacial score (nSPS) is 21.3. The summed E-state index contributed by atoms with van der Waals surface area (Å²) in [6, 6.07) is 2.12. The lowest BCUT2D eigenvalue weighted by Crippen LogP contribution is -2.36. The van der Waals surface area contributed by atoms with E-state index >= 15 is 0 Å². The van der Waals surface area contributed by atoms with E-state index in [2.05, 4.69) is 30.9 Å². The van der Waals surface area contributed by atoms with E-state index in [9.17, 15) is 22.4 Å². The van der Waals surface area contributed by atoms with Crippen LogP contribution in [0.25, 0.3) is 5.52 Å². The average Bonchev–Trinajstić information content (AvgIpc) is 3.40. The molecule has 0 aliphatic carbocycles. The van der Waals surface area contributed by atoms with Gasteiger partial charge in [-0.15, -0.1) is 0 Å². The van der Waals surface area contributed by atoms with Crippen molar-refractivity contribution in [2.75, 3.05) is 11.9 Å². The highest BCUT2D eigenvalue weighted by molar-refractivity contribution is 5.72. The molecule has 0 spiro atoms.